The molecule has 2 aromatic rings. The summed E-state index contributed by atoms with van der Waals surface area (Å²) < 4.78 is 6.21. The number of nitrogens with zero attached hydrogens (tertiary/aromatic N) is 2. The highest BCUT2D eigenvalue weighted by atomic mass is 79.9. The Hall–Kier alpha value is -1.58. The van der Waals surface area contributed by atoms with E-state index in [2.05, 4.69) is 31.9 Å². The van der Waals surface area contributed by atoms with Crippen LogP contribution in [0.3, 0.4) is 0 Å². The normalized spacial score (nSPS) is 10.2. The quantitative estimate of drug-likeness (QED) is 0.718. The van der Waals surface area contributed by atoms with Crippen molar-refractivity contribution in [3.8, 4) is 17.4 Å². The van der Waals surface area contributed by atoms with Crippen LogP contribution in [0.15, 0.2) is 44.0 Å². The first-order chi connectivity index (χ1) is 10.1. The molecule has 0 saturated carbocycles. The first-order valence-corrected chi connectivity index (χ1v) is 8.09. The predicted molar refractivity (Wildman–Crippen MR) is 89.9 cm³/mol. The van der Waals surface area contributed by atoms with Crippen LogP contribution >= 0.6 is 31.9 Å². The molecule has 1 aromatic carbocycles. The Morgan fingerprint density at radius 2 is 2.00 bits per heavy atom. The van der Waals surface area contributed by atoms with Gasteiger partial charge in [0.2, 0.25) is 0 Å². The van der Waals surface area contributed by atoms with E-state index in [1.165, 1.54) is 0 Å². The van der Waals surface area contributed by atoms with Crippen LogP contribution in [-0.2, 0) is 0 Å². The van der Waals surface area contributed by atoms with E-state index in [0.717, 1.165) is 15.4 Å². The minimum Gasteiger partial charge on any atom is -0.422 e. The Labute approximate surface area is 139 Å². The largest absolute Gasteiger partial charge is 0.422 e. The van der Waals surface area contributed by atoms with E-state index in [1.807, 2.05) is 42.3 Å². The highest BCUT2D eigenvalue weighted by Crippen LogP contribution is 2.26. The van der Waals surface area contributed by atoms with Gasteiger partial charge in [0.25, 0.3) is 0 Å². The molecule has 6 heteroatoms. The Kier molecular flexibility index (Phi) is 5.21. The fourth-order valence-corrected chi connectivity index (χ4v) is 2.69. The van der Waals surface area contributed by atoms with Crippen LogP contribution in [0.25, 0.3) is 11.3 Å². The van der Waals surface area contributed by atoms with Gasteiger partial charge in [-0.05, 0) is 12.1 Å². The van der Waals surface area contributed by atoms with Gasteiger partial charge in [-0.25, -0.2) is 4.79 Å². The molecule has 0 aliphatic heterocycles. The van der Waals surface area contributed by atoms with Gasteiger partial charge in [0.15, 0.2) is 5.56 Å². The molecule has 4 nitrogen and oxygen atoms in total. The fraction of sp³-hybridized carbons (Fsp3) is 0.200. The summed E-state index contributed by atoms with van der Waals surface area (Å²) in [6, 6.07) is 11.1. The minimum absolute atomic E-state index is 0.0271. The first-order valence-electron chi connectivity index (χ1n) is 6.18. The van der Waals surface area contributed by atoms with Crippen LogP contribution in [-0.4, -0.2) is 18.9 Å². The van der Waals surface area contributed by atoms with Crippen molar-refractivity contribution in [3.63, 3.8) is 0 Å². The summed E-state index contributed by atoms with van der Waals surface area (Å²) in [5, 5.41) is 9.90. The van der Waals surface area contributed by atoms with Gasteiger partial charge in [-0.3, -0.25) is 0 Å². The Bertz CT molecular complexity index is 733. The van der Waals surface area contributed by atoms with Crippen molar-refractivity contribution >= 4 is 37.5 Å². The monoisotopic (exact) mass is 410 g/mol. The molecule has 1 heterocycles. The third-order valence-electron chi connectivity index (χ3n) is 3.00. The van der Waals surface area contributed by atoms with Gasteiger partial charge in [-0.1, -0.05) is 44.0 Å². The lowest BCUT2D eigenvalue weighted by molar-refractivity contribution is 0.523. The number of alkyl halides is 1. The van der Waals surface area contributed by atoms with Crippen molar-refractivity contribution in [3.05, 3.63) is 50.8 Å². The van der Waals surface area contributed by atoms with Crippen molar-refractivity contribution in [2.24, 2.45) is 0 Å². The Morgan fingerprint density at radius 3 is 2.57 bits per heavy atom. The van der Waals surface area contributed by atoms with Gasteiger partial charge in [-0.2, -0.15) is 5.26 Å². The molecular weight excluding hydrogens is 400 g/mol. The first kappa shape index (κ1) is 15.8. The topological polar surface area (TPSA) is 57.2 Å². The maximum atomic E-state index is 12.0. The van der Waals surface area contributed by atoms with E-state index >= 15 is 0 Å². The van der Waals surface area contributed by atoms with Crippen molar-refractivity contribution in [2.45, 2.75) is 0 Å². The molecule has 2 rings (SSSR count). The molecule has 1 aromatic heterocycles. The highest BCUT2D eigenvalue weighted by molar-refractivity contribution is 9.10. The van der Waals surface area contributed by atoms with Crippen molar-refractivity contribution in [1.29, 1.82) is 5.26 Å². The molecular formula is C15H12Br2N2O2. The van der Waals surface area contributed by atoms with Crippen LogP contribution in [0.4, 0.5) is 5.69 Å². The summed E-state index contributed by atoms with van der Waals surface area (Å²) in [5.41, 5.74) is 0.771. The van der Waals surface area contributed by atoms with E-state index < -0.39 is 5.63 Å². The predicted octanol–water partition coefficient (Wildman–Crippen LogP) is 3.77. The summed E-state index contributed by atoms with van der Waals surface area (Å²) in [5.74, 6) is 0.447. The molecule has 0 radical (unpaired) electrons. The molecule has 0 saturated heterocycles. The zero-order valence-electron chi connectivity index (χ0n) is 11.3. The van der Waals surface area contributed by atoms with E-state index in [9.17, 15) is 4.79 Å². The van der Waals surface area contributed by atoms with Gasteiger partial charge < -0.3 is 9.32 Å². The molecule has 0 aliphatic rings. The number of benzene rings is 1. The average Bonchev–Trinajstić information content (AvgIpc) is 2.47. The molecule has 0 spiro atoms. The van der Waals surface area contributed by atoms with Crippen molar-refractivity contribution in [2.75, 3.05) is 23.8 Å². The molecule has 0 bridgehead atoms. The van der Waals surface area contributed by atoms with Crippen LogP contribution in [0.5, 0.6) is 0 Å². The molecule has 0 amide bonds. The van der Waals surface area contributed by atoms with Gasteiger partial charge in [0.1, 0.15) is 11.8 Å². The number of hydrogen-bond donors (Lipinski definition) is 0. The second kappa shape index (κ2) is 6.92. The Morgan fingerprint density at radius 1 is 1.33 bits per heavy atom. The van der Waals surface area contributed by atoms with Gasteiger partial charge >= 0.3 is 5.63 Å². The summed E-state index contributed by atoms with van der Waals surface area (Å²) in [7, 11) is 1.84. The second-order valence-corrected chi connectivity index (χ2v) is 6.10. The van der Waals surface area contributed by atoms with Crippen LogP contribution < -0.4 is 10.5 Å². The van der Waals surface area contributed by atoms with E-state index in [-0.39, 0.29) is 5.56 Å². The zero-order valence-corrected chi connectivity index (χ0v) is 14.4. The Balaban J connectivity index is 2.57. The SMILES string of the molecule is CN(CCBr)c1cc(-c2ccc(Br)cc2)oc(=O)c1C#N. The number of nitriles is 1. The standard InChI is InChI=1S/C15H12Br2N2O2/c1-19(7-6-16)13-8-14(21-15(20)12(13)9-18)10-2-4-11(17)5-3-10/h2-5,8H,6-7H2,1H3. The summed E-state index contributed by atoms with van der Waals surface area (Å²) in [4.78, 5) is 13.9. The summed E-state index contributed by atoms with van der Waals surface area (Å²) >= 11 is 6.72. The number of hydrogen-bond acceptors (Lipinski definition) is 4. The van der Waals surface area contributed by atoms with Gasteiger partial charge in [0, 0.05) is 35.0 Å². The third-order valence-corrected chi connectivity index (χ3v) is 3.89. The minimum atomic E-state index is -0.616. The van der Waals surface area contributed by atoms with E-state index in [4.69, 9.17) is 9.68 Å². The molecule has 0 unspecified atom stereocenters. The molecule has 0 aliphatic carbocycles. The molecule has 0 N–H and O–H groups in total. The zero-order chi connectivity index (χ0) is 15.4. The lowest BCUT2D eigenvalue weighted by Gasteiger charge is -2.19. The smallest absolute Gasteiger partial charge is 0.356 e. The second-order valence-electron chi connectivity index (χ2n) is 4.39. The van der Waals surface area contributed by atoms with Gasteiger partial charge in [0.05, 0.1) is 5.69 Å². The number of anilines is 1. The fourth-order valence-electron chi connectivity index (χ4n) is 1.89. The number of rotatable bonds is 4. The van der Waals surface area contributed by atoms with Gasteiger partial charge in [-0.15, -0.1) is 0 Å². The molecule has 0 atom stereocenters. The van der Waals surface area contributed by atoms with Crippen molar-refractivity contribution < 1.29 is 4.42 Å². The third kappa shape index (κ3) is 3.55. The highest BCUT2D eigenvalue weighted by Gasteiger charge is 2.15. The molecule has 108 valence electrons. The summed E-state index contributed by atoms with van der Waals surface area (Å²) in [6.45, 7) is 0.678. The molecule has 0 fully saturated rings. The lowest BCUT2D eigenvalue weighted by atomic mass is 10.1. The summed E-state index contributed by atoms with van der Waals surface area (Å²) in [6.07, 6.45) is 0. The van der Waals surface area contributed by atoms with Crippen LogP contribution in [0.1, 0.15) is 5.56 Å². The number of halogens is 2. The van der Waals surface area contributed by atoms with E-state index in [0.29, 0.717) is 18.0 Å². The van der Waals surface area contributed by atoms with Crippen LogP contribution in [0.2, 0.25) is 0 Å². The van der Waals surface area contributed by atoms with Crippen molar-refractivity contribution in [1.82, 2.24) is 0 Å². The average molecular weight is 412 g/mol. The maximum absolute atomic E-state index is 12.0. The lowest BCUT2D eigenvalue weighted by Crippen LogP contribution is -2.23. The van der Waals surface area contributed by atoms with E-state index in [1.54, 1.807) is 6.07 Å². The molecule has 21 heavy (non-hydrogen) atoms. The van der Waals surface area contributed by atoms with Crippen LogP contribution in [0, 0.1) is 11.3 Å². The maximum Gasteiger partial charge on any atom is 0.356 e.